The van der Waals surface area contributed by atoms with Crippen molar-refractivity contribution < 1.29 is 28.9 Å². The summed E-state index contributed by atoms with van der Waals surface area (Å²) in [5.74, 6) is 2.29. The Kier molecular flexibility index (Phi) is 22.7. The van der Waals surface area contributed by atoms with Crippen LogP contribution in [0.5, 0.6) is 0 Å². The lowest BCUT2D eigenvalue weighted by Gasteiger charge is -2.43. The smallest absolute Gasteiger partial charge is 0.408 e. The van der Waals surface area contributed by atoms with Crippen LogP contribution in [0.4, 0.5) is 32.6 Å². The second-order valence-electron chi connectivity index (χ2n) is 27.6. The van der Waals surface area contributed by atoms with E-state index >= 15 is 0 Å². The summed E-state index contributed by atoms with van der Waals surface area (Å²) in [5.41, 5.74) is 16.1. The summed E-state index contributed by atoms with van der Waals surface area (Å²) in [6.45, 7) is 12.3. The van der Waals surface area contributed by atoms with Crippen LogP contribution in [0, 0.1) is 20.2 Å². The number of ether oxygens (including phenoxy) is 2. The Morgan fingerprint density at radius 2 is 0.930 bits per heavy atom. The zero-order valence-electron chi connectivity index (χ0n) is 57.0. The van der Waals surface area contributed by atoms with Crippen LogP contribution < -0.4 is 27.0 Å². The Morgan fingerprint density at radius 1 is 0.510 bits per heavy atom. The number of hydrogen-bond donors (Lipinski definition) is 5. The van der Waals surface area contributed by atoms with E-state index in [2.05, 4.69) is 84.3 Å². The monoisotopic (exact) mass is 1390 g/mol. The first-order chi connectivity index (χ1) is 47.4. The maximum absolute atomic E-state index is 12.4. The Bertz CT molecular complexity index is 4460. The van der Waals surface area contributed by atoms with Crippen molar-refractivity contribution in [2.24, 2.45) is 5.73 Å². The van der Waals surface area contributed by atoms with Gasteiger partial charge >= 0.3 is 12.2 Å². The molecule has 0 spiro atoms. The quantitative estimate of drug-likeness (QED) is 0.0286. The summed E-state index contributed by atoms with van der Waals surface area (Å²) < 4.78 is 13.0. The minimum absolute atomic E-state index is 0. The number of anilines is 2. The van der Waals surface area contributed by atoms with Crippen LogP contribution in [0.15, 0.2) is 200 Å². The van der Waals surface area contributed by atoms with Gasteiger partial charge in [0, 0.05) is 54.9 Å². The molecule has 518 valence electrons. The van der Waals surface area contributed by atoms with E-state index in [1.807, 2.05) is 169 Å². The van der Waals surface area contributed by atoms with E-state index < -0.39 is 44.3 Å². The molecule has 0 saturated heterocycles. The highest BCUT2D eigenvalue weighted by atomic mass is 35.5. The lowest BCUT2D eigenvalue weighted by molar-refractivity contribution is -0.386. The number of carbonyl (C=O) groups is 2. The van der Waals surface area contributed by atoms with Crippen molar-refractivity contribution in [3.63, 3.8) is 0 Å². The molecule has 13 rings (SSSR count). The number of imidazole rings is 1. The van der Waals surface area contributed by atoms with E-state index in [1.165, 1.54) is 35.7 Å². The zero-order valence-corrected chi connectivity index (χ0v) is 58.6. The number of nitrogens with two attached hydrogens (primary N) is 1. The average Bonchev–Trinajstić information content (AvgIpc) is 1.43. The molecule has 3 aliphatic carbocycles. The van der Waals surface area contributed by atoms with Gasteiger partial charge in [-0.2, -0.15) is 0 Å². The van der Waals surface area contributed by atoms with Crippen molar-refractivity contribution >= 4 is 70.4 Å². The van der Waals surface area contributed by atoms with Gasteiger partial charge in [-0.05, 0) is 175 Å². The summed E-state index contributed by atoms with van der Waals surface area (Å²) in [7, 11) is 0. The fourth-order valence-electron chi connectivity index (χ4n) is 12.4. The van der Waals surface area contributed by atoms with E-state index in [-0.39, 0.29) is 34.5 Å². The second-order valence-corrected chi connectivity index (χ2v) is 27.9. The number of nitrogens with zero attached hydrogens (tertiary/aromatic N) is 7. The molecule has 10 aromatic rings. The van der Waals surface area contributed by atoms with Crippen LogP contribution in [-0.4, -0.2) is 57.7 Å². The summed E-state index contributed by atoms with van der Waals surface area (Å²) in [4.78, 5) is 65.3. The predicted octanol–water partition coefficient (Wildman–Crippen LogP) is 17.7. The summed E-state index contributed by atoms with van der Waals surface area (Å²) in [5, 5.41) is 35.9. The largest absolute Gasteiger partial charge is 0.444 e. The Hall–Kier alpha value is -10.3. The third-order valence-electron chi connectivity index (χ3n) is 18.0. The normalized spacial score (nSPS) is 14.6. The third-order valence-corrected chi connectivity index (χ3v) is 18.2. The average molecular weight is 1390 g/mol. The molecular weight excluding hydrogens is 1300 g/mol. The maximum atomic E-state index is 12.4. The van der Waals surface area contributed by atoms with Gasteiger partial charge in [0.2, 0.25) is 0 Å². The molecule has 4 heterocycles. The van der Waals surface area contributed by atoms with Gasteiger partial charge in [-0.3, -0.25) is 24.8 Å². The molecule has 0 radical (unpaired) electrons. The van der Waals surface area contributed by atoms with E-state index in [4.69, 9.17) is 36.8 Å². The molecule has 6 aromatic carbocycles. The molecule has 0 aliphatic heterocycles. The molecule has 4 aromatic heterocycles. The van der Waals surface area contributed by atoms with Crippen molar-refractivity contribution in [2.45, 2.75) is 153 Å². The molecule has 0 bridgehead atoms. The molecule has 3 aliphatic rings. The number of fused-ring (bicyclic) bond motifs is 1. The van der Waals surface area contributed by atoms with Crippen molar-refractivity contribution in [3.8, 4) is 17.1 Å². The molecule has 0 atom stereocenters. The lowest BCUT2D eigenvalue weighted by atomic mass is 9.71. The molecule has 3 saturated carbocycles. The van der Waals surface area contributed by atoms with Crippen molar-refractivity contribution in [3.05, 3.63) is 276 Å². The number of benzene rings is 6. The zero-order chi connectivity index (χ0) is 70.0. The van der Waals surface area contributed by atoms with E-state index in [0.717, 1.165) is 113 Å². The Morgan fingerprint density at radius 3 is 1.36 bits per heavy atom. The van der Waals surface area contributed by atoms with Crippen molar-refractivity contribution in [1.29, 1.82) is 0 Å². The van der Waals surface area contributed by atoms with Crippen LogP contribution in [0.25, 0.3) is 28.2 Å². The minimum atomic E-state index is -0.564. The molecule has 2 amide bonds. The fraction of sp³-hybridized carbons (Fsp3) is 0.308. The molecule has 20 nitrogen and oxygen atoms in total. The predicted molar refractivity (Wildman–Crippen MR) is 394 cm³/mol. The third kappa shape index (κ3) is 18.1. The molecule has 6 N–H and O–H groups in total. The van der Waals surface area contributed by atoms with Gasteiger partial charge in [-0.1, -0.05) is 163 Å². The number of rotatable bonds is 19. The number of nitrogens with one attached hydrogen (secondary N) is 4. The van der Waals surface area contributed by atoms with Gasteiger partial charge in [0.15, 0.2) is 5.65 Å². The highest BCUT2D eigenvalue weighted by Crippen LogP contribution is 2.44. The summed E-state index contributed by atoms with van der Waals surface area (Å²) >= 11 is 5.91. The first kappa shape index (κ1) is 72.5. The maximum Gasteiger partial charge on any atom is 0.408 e. The second kappa shape index (κ2) is 31.3. The number of carbonyl (C=O) groups excluding carboxylic acids is 2. The summed E-state index contributed by atoms with van der Waals surface area (Å²) in [6.07, 6.45) is 8.47. The fourth-order valence-corrected chi connectivity index (χ4v) is 12.6. The lowest BCUT2D eigenvalue weighted by Crippen LogP contribution is -2.52. The topological polar surface area (TPSA) is 270 Å². The van der Waals surface area contributed by atoms with Crippen LogP contribution in [-0.2, 0) is 52.0 Å². The SMILES string of the molecule is CC(C)(C)OC(=O)NC1(c2ccc(Cc3nc(Cl)ccc3[N+](=O)[O-])cc2)CCC1.CC(C)(C)OC(=O)NC1(c2ccc(Cc3nc(NCc4ccccc4)ccc3[N+](=O)[O-])cc2)CCC1.Cl.NC1(c2ccc(-n3c(-c4ccccc4)nc4ccc(NCc5ccccc5)nc43)cc2)CCC1. The van der Waals surface area contributed by atoms with Gasteiger partial charge in [0.1, 0.15) is 50.7 Å². The molecular formula is C78H84Cl2N12O8. The van der Waals surface area contributed by atoms with E-state index in [1.54, 1.807) is 6.07 Å². The number of alkyl carbamates (subject to hydrolysis) is 2. The molecule has 3 fully saturated rings. The Balaban J connectivity index is 0.000000162. The van der Waals surface area contributed by atoms with E-state index in [0.29, 0.717) is 43.1 Å². The van der Waals surface area contributed by atoms with Gasteiger partial charge in [-0.15, -0.1) is 12.4 Å². The van der Waals surface area contributed by atoms with Crippen LogP contribution in [0.3, 0.4) is 0 Å². The minimum Gasteiger partial charge on any atom is -0.444 e. The van der Waals surface area contributed by atoms with Crippen molar-refractivity contribution in [1.82, 2.24) is 35.1 Å². The van der Waals surface area contributed by atoms with Gasteiger partial charge in [0.25, 0.3) is 11.4 Å². The first-order valence-corrected chi connectivity index (χ1v) is 33.8. The number of halogens is 2. The number of aromatic nitrogens is 5. The summed E-state index contributed by atoms with van der Waals surface area (Å²) in [6, 6.07) is 64.6. The van der Waals surface area contributed by atoms with Crippen LogP contribution in [0.2, 0.25) is 5.15 Å². The number of pyridine rings is 3. The number of hydrogen-bond acceptors (Lipinski definition) is 15. The highest BCUT2D eigenvalue weighted by molar-refractivity contribution is 6.29. The van der Waals surface area contributed by atoms with Gasteiger partial charge < -0.3 is 36.5 Å². The first-order valence-electron chi connectivity index (χ1n) is 33.5. The Labute approximate surface area is 593 Å². The molecule has 0 unspecified atom stereocenters. The van der Waals surface area contributed by atoms with Crippen LogP contribution >= 0.6 is 24.0 Å². The van der Waals surface area contributed by atoms with Crippen molar-refractivity contribution in [2.75, 3.05) is 10.6 Å². The number of amides is 2. The van der Waals surface area contributed by atoms with Crippen LogP contribution in [0.1, 0.15) is 150 Å². The van der Waals surface area contributed by atoms with Gasteiger partial charge in [0.05, 0.1) is 20.9 Å². The highest BCUT2D eigenvalue weighted by Gasteiger charge is 2.43. The van der Waals surface area contributed by atoms with Gasteiger partial charge in [-0.25, -0.2) is 29.5 Å². The van der Waals surface area contributed by atoms with E-state index in [9.17, 15) is 29.8 Å². The molecule has 100 heavy (non-hydrogen) atoms. The standard InChI is InChI=1S/C29H27N5.C28H32N4O4.C21H24ClN3O4.ClH/c30-29(18-7-19-29)23-12-14-24(15-13-23)34-27(22-10-5-2-6-11-22)32-25-16-17-26(33-28(25)34)31-20-21-8-3-1-4-9-21;1-27(2,3)36-26(33)31-28(16-7-17-28)22-12-10-20(11-13-22)18-23-24(32(34)35)14-15-25(30-23)29-19-21-8-5-4-6-9-21;1-20(2,3)29-19(26)24-21(11-4-12-21)15-7-5-14(6-8-15)13-16-17(25(27)28)9-10-18(22)23-16;/h1-6,8-17H,7,18-20,30H2,(H,31,33);4-6,8-15H,7,16-19H2,1-3H3,(H,29,30)(H,31,33);5-10H,4,11-13H2,1-3H3,(H,24,26);1H. The molecule has 22 heteroatoms. The number of nitro groups is 2.